The molecule has 106 valence electrons. The Morgan fingerprint density at radius 1 is 1.16 bits per heavy atom. The molecule has 19 heavy (non-hydrogen) atoms. The van der Waals surface area contributed by atoms with Crippen molar-refractivity contribution in [3.63, 3.8) is 0 Å². The minimum Gasteiger partial charge on any atom is -0.480 e. The quantitative estimate of drug-likeness (QED) is 0.717. The Balaban J connectivity index is 1.59. The van der Waals surface area contributed by atoms with Crippen LogP contribution in [0, 0.1) is 5.41 Å². The number of hydrogen-bond donors (Lipinski definition) is 1. The van der Waals surface area contributed by atoms with Gasteiger partial charge < -0.3 is 14.7 Å². The van der Waals surface area contributed by atoms with Gasteiger partial charge in [-0.3, -0.25) is 14.5 Å². The first-order chi connectivity index (χ1) is 9.13. The van der Waals surface area contributed by atoms with E-state index in [0.717, 1.165) is 32.7 Å². The van der Waals surface area contributed by atoms with Gasteiger partial charge in [0.1, 0.15) is 5.41 Å². The average molecular weight is 268 g/mol. The van der Waals surface area contributed by atoms with E-state index in [1.807, 2.05) is 0 Å². The van der Waals surface area contributed by atoms with E-state index < -0.39 is 11.4 Å². The number of carbonyl (C=O) groups excluding carboxylic acids is 1. The molecule has 0 aromatic heterocycles. The summed E-state index contributed by atoms with van der Waals surface area (Å²) in [5.74, 6) is -1.12. The lowest BCUT2D eigenvalue weighted by molar-refractivity contribution is -0.153. The molecule has 2 aliphatic heterocycles. The number of rotatable bonds is 3. The van der Waals surface area contributed by atoms with Crippen molar-refractivity contribution in [2.24, 2.45) is 5.41 Å². The van der Waals surface area contributed by atoms with Crippen molar-refractivity contribution in [2.75, 3.05) is 39.4 Å². The summed E-state index contributed by atoms with van der Waals surface area (Å²) >= 11 is 0. The SMILES string of the molecule is O=C(O)C1(C(=O)N2CCC(N3CCOCC3)C2)CC1. The van der Waals surface area contributed by atoms with Crippen molar-refractivity contribution in [3.05, 3.63) is 0 Å². The van der Waals surface area contributed by atoms with Crippen molar-refractivity contribution >= 4 is 11.9 Å². The van der Waals surface area contributed by atoms with E-state index in [-0.39, 0.29) is 5.91 Å². The first-order valence-corrected chi connectivity index (χ1v) is 6.98. The Hall–Kier alpha value is -1.14. The van der Waals surface area contributed by atoms with Gasteiger partial charge in [0.25, 0.3) is 0 Å². The van der Waals surface area contributed by atoms with Gasteiger partial charge in [-0.15, -0.1) is 0 Å². The fourth-order valence-corrected chi connectivity index (χ4v) is 3.11. The topological polar surface area (TPSA) is 70.1 Å². The summed E-state index contributed by atoms with van der Waals surface area (Å²) in [6.45, 7) is 4.70. The van der Waals surface area contributed by atoms with Crippen LogP contribution in [0.4, 0.5) is 0 Å². The summed E-state index contributed by atoms with van der Waals surface area (Å²) in [7, 11) is 0. The fraction of sp³-hybridized carbons (Fsp3) is 0.846. The molecule has 6 heteroatoms. The number of likely N-dealkylation sites (tertiary alicyclic amines) is 1. The fourth-order valence-electron chi connectivity index (χ4n) is 3.11. The molecule has 1 N–H and O–H groups in total. The van der Waals surface area contributed by atoms with Gasteiger partial charge in [-0.1, -0.05) is 0 Å². The molecular weight excluding hydrogens is 248 g/mol. The van der Waals surface area contributed by atoms with E-state index in [9.17, 15) is 14.7 Å². The van der Waals surface area contributed by atoms with Gasteiger partial charge in [-0.2, -0.15) is 0 Å². The largest absolute Gasteiger partial charge is 0.480 e. The summed E-state index contributed by atoms with van der Waals surface area (Å²) in [5.41, 5.74) is -1.08. The van der Waals surface area contributed by atoms with E-state index in [1.165, 1.54) is 0 Å². The second-order valence-corrected chi connectivity index (χ2v) is 5.73. The van der Waals surface area contributed by atoms with E-state index in [4.69, 9.17) is 4.74 Å². The lowest BCUT2D eigenvalue weighted by atomic mass is 10.1. The maximum atomic E-state index is 12.3. The van der Waals surface area contributed by atoms with Gasteiger partial charge in [0.05, 0.1) is 13.2 Å². The molecule has 1 saturated carbocycles. The van der Waals surface area contributed by atoms with E-state index in [1.54, 1.807) is 4.90 Å². The lowest BCUT2D eigenvalue weighted by Gasteiger charge is -2.32. The number of carbonyl (C=O) groups is 2. The molecule has 6 nitrogen and oxygen atoms in total. The third kappa shape index (κ3) is 2.23. The van der Waals surface area contributed by atoms with Crippen molar-refractivity contribution in [1.29, 1.82) is 0 Å². The molecule has 1 unspecified atom stereocenters. The summed E-state index contributed by atoms with van der Waals surface area (Å²) < 4.78 is 5.33. The zero-order valence-electron chi connectivity index (χ0n) is 11.0. The Morgan fingerprint density at radius 3 is 2.42 bits per heavy atom. The van der Waals surface area contributed by atoms with E-state index in [0.29, 0.717) is 32.0 Å². The number of carboxylic acid groups (broad SMARTS) is 1. The zero-order valence-corrected chi connectivity index (χ0v) is 11.0. The Kier molecular flexibility index (Phi) is 3.22. The molecule has 0 aromatic carbocycles. The maximum Gasteiger partial charge on any atom is 0.319 e. The van der Waals surface area contributed by atoms with Gasteiger partial charge in [0.2, 0.25) is 5.91 Å². The second kappa shape index (κ2) is 4.76. The van der Waals surface area contributed by atoms with E-state index >= 15 is 0 Å². The normalized spacial score (nSPS) is 30.3. The van der Waals surface area contributed by atoms with Crippen LogP contribution in [0.15, 0.2) is 0 Å². The van der Waals surface area contributed by atoms with Crippen LogP contribution < -0.4 is 0 Å². The van der Waals surface area contributed by atoms with Crippen LogP contribution in [0.25, 0.3) is 0 Å². The Morgan fingerprint density at radius 2 is 1.84 bits per heavy atom. The predicted molar refractivity (Wildman–Crippen MR) is 66.7 cm³/mol. The van der Waals surface area contributed by atoms with Crippen LogP contribution in [0.3, 0.4) is 0 Å². The molecule has 0 aromatic rings. The minimum atomic E-state index is -1.08. The van der Waals surface area contributed by atoms with Crippen molar-refractivity contribution < 1.29 is 19.4 Å². The molecule has 0 radical (unpaired) electrons. The summed E-state index contributed by atoms with van der Waals surface area (Å²) in [4.78, 5) is 27.6. The Labute approximate surface area is 112 Å². The first-order valence-electron chi connectivity index (χ1n) is 6.98. The van der Waals surface area contributed by atoms with Crippen molar-refractivity contribution in [1.82, 2.24) is 9.80 Å². The van der Waals surface area contributed by atoms with Crippen LogP contribution in [0.5, 0.6) is 0 Å². The molecule has 1 amide bonds. The highest BCUT2D eigenvalue weighted by atomic mass is 16.5. The number of amides is 1. The van der Waals surface area contributed by atoms with Gasteiger partial charge in [0, 0.05) is 32.2 Å². The monoisotopic (exact) mass is 268 g/mol. The molecule has 1 aliphatic carbocycles. The highest BCUT2D eigenvalue weighted by Gasteiger charge is 2.59. The second-order valence-electron chi connectivity index (χ2n) is 5.73. The molecule has 3 rings (SSSR count). The molecular formula is C13H20N2O4. The standard InChI is InChI=1S/C13H20N2O4/c16-11(13(2-3-13)12(17)18)15-4-1-10(9-15)14-5-7-19-8-6-14/h10H,1-9H2,(H,17,18). The first kappa shape index (κ1) is 12.9. The third-order valence-electron chi connectivity index (χ3n) is 4.58. The number of nitrogens with zero attached hydrogens (tertiary/aromatic N) is 2. The lowest BCUT2D eigenvalue weighted by Crippen LogP contribution is -2.46. The molecule has 0 bridgehead atoms. The van der Waals surface area contributed by atoms with Gasteiger partial charge >= 0.3 is 5.97 Å². The number of carboxylic acids is 1. The van der Waals surface area contributed by atoms with Crippen LogP contribution in [-0.2, 0) is 14.3 Å². The summed E-state index contributed by atoms with van der Waals surface area (Å²) in [6.07, 6.45) is 1.95. The molecule has 3 fully saturated rings. The van der Waals surface area contributed by atoms with Crippen LogP contribution in [0.1, 0.15) is 19.3 Å². The van der Waals surface area contributed by atoms with E-state index in [2.05, 4.69) is 4.90 Å². The highest BCUT2D eigenvalue weighted by molar-refractivity contribution is 6.04. The molecule has 0 spiro atoms. The van der Waals surface area contributed by atoms with Crippen molar-refractivity contribution in [3.8, 4) is 0 Å². The van der Waals surface area contributed by atoms with Crippen molar-refractivity contribution in [2.45, 2.75) is 25.3 Å². The van der Waals surface area contributed by atoms with Crippen LogP contribution >= 0.6 is 0 Å². The summed E-state index contributed by atoms with van der Waals surface area (Å²) in [5, 5.41) is 9.17. The molecule has 2 heterocycles. The molecule has 3 aliphatic rings. The van der Waals surface area contributed by atoms with Crippen LogP contribution in [-0.4, -0.2) is 72.2 Å². The molecule has 1 atom stereocenters. The number of aliphatic carboxylic acids is 1. The predicted octanol–water partition coefficient (Wildman–Crippen LogP) is -0.216. The minimum absolute atomic E-state index is 0.171. The molecule has 2 saturated heterocycles. The highest BCUT2D eigenvalue weighted by Crippen LogP contribution is 2.48. The van der Waals surface area contributed by atoms with Gasteiger partial charge in [-0.05, 0) is 19.3 Å². The zero-order chi connectivity index (χ0) is 13.5. The maximum absolute atomic E-state index is 12.3. The number of hydrogen-bond acceptors (Lipinski definition) is 4. The third-order valence-corrected chi connectivity index (χ3v) is 4.58. The van der Waals surface area contributed by atoms with Gasteiger partial charge in [0.15, 0.2) is 0 Å². The van der Waals surface area contributed by atoms with Gasteiger partial charge in [-0.25, -0.2) is 0 Å². The smallest absolute Gasteiger partial charge is 0.319 e. The summed E-state index contributed by atoms with van der Waals surface area (Å²) in [6, 6.07) is 0.373. The number of ether oxygens (including phenoxy) is 1. The Bertz CT molecular complexity index is 388. The number of morpholine rings is 1. The average Bonchev–Trinajstić information content (AvgIpc) is 3.10. The van der Waals surface area contributed by atoms with Crippen LogP contribution in [0.2, 0.25) is 0 Å².